The molecule has 2 amide bonds. The van der Waals surface area contributed by atoms with Crippen LogP contribution in [0.4, 0.5) is 5.69 Å². The molecule has 0 saturated carbocycles. The van der Waals surface area contributed by atoms with Crippen molar-refractivity contribution >= 4 is 40.7 Å². The largest absolute Gasteiger partial charge is 0.351 e. The Hall–Kier alpha value is -1.26. The Morgan fingerprint density at radius 2 is 2.00 bits per heavy atom. The van der Waals surface area contributed by atoms with Crippen molar-refractivity contribution < 1.29 is 9.59 Å². The summed E-state index contributed by atoms with van der Waals surface area (Å²) in [6.45, 7) is 6.05. The first-order chi connectivity index (χ1) is 9.69. The first kappa shape index (κ1) is 16.1. The molecule has 1 unspecified atom stereocenters. The quantitative estimate of drug-likeness (QED) is 0.905. The van der Waals surface area contributed by atoms with E-state index in [4.69, 9.17) is 23.2 Å². The molecule has 2 rings (SSSR count). The fourth-order valence-electron chi connectivity index (χ4n) is 2.29. The van der Waals surface area contributed by atoms with Gasteiger partial charge in [-0.05, 0) is 32.9 Å². The highest BCUT2D eigenvalue weighted by Gasteiger charge is 2.37. The molecule has 0 radical (unpaired) electrons. The summed E-state index contributed by atoms with van der Waals surface area (Å²) in [7, 11) is 0. The molecule has 1 N–H and O–H groups in total. The molecule has 21 heavy (non-hydrogen) atoms. The smallest absolute Gasteiger partial charge is 0.227 e. The molecular formula is C15H18Cl2N2O2. The average molecular weight is 329 g/mol. The molecule has 1 aliphatic heterocycles. The van der Waals surface area contributed by atoms with Crippen molar-refractivity contribution in [3.63, 3.8) is 0 Å². The lowest BCUT2D eigenvalue weighted by Crippen LogP contribution is -2.44. The van der Waals surface area contributed by atoms with Crippen LogP contribution in [0.3, 0.4) is 0 Å². The maximum Gasteiger partial charge on any atom is 0.227 e. The summed E-state index contributed by atoms with van der Waals surface area (Å²) in [6, 6.07) is 5.13. The van der Waals surface area contributed by atoms with E-state index in [2.05, 4.69) is 5.32 Å². The predicted octanol–water partition coefficient (Wildman–Crippen LogP) is 3.26. The molecule has 1 heterocycles. The highest BCUT2D eigenvalue weighted by atomic mass is 35.5. The van der Waals surface area contributed by atoms with Gasteiger partial charge in [0, 0.05) is 18.5 Å². The number of amides is 2. The molecule has 1 aromatic rings. The zero-order chi connectivity index (χ0) is 15.8. The van der Waals surface area contributed by atoms with Crippen molar-refractivity contribution in [3.8, 4) is 0 Å². The highest BCUT2D eigenvalue weighted by molar-refractivity contribution is 6.44. The lowest BCUT2D eigenvalue weighted by molar-refractivity contribution is -0.127. The Morgan fingerprint density at radius 3 is 2.62 bits per heavy atom. The fraction of sp³-hybridized carbons (Fsp3) is 0.467. The molecule has 4 nitrogen and oxygen atoms in total. The van der Waals surface area contributed by atoms with E-state index < -0.39 is 0 Å². The molecule has 0 spiro atoms. The molecule has 1 fully saturated rings. The van der Waals surface area contributed by atoms with Crippen molar-refractivity contribution in [3.05, 3.63) is 28.2 Å². The number of benzene rings is 1. The second kappa shape index (κ2) is 5.85. The first-order valence-electron chi connectivity index (χ1n) is 6.75. The van der Waals surface area contributed by atoms with E-state index in [-0.39, 0.29) is 29.7 Å². The Labute approximate surface area is 134 Å². The Kier molecular flexibility index (Phi) is 4.49. The van der Waals surface area contributed by atoms with Gasteiger partial charge in [-0.15, -0.1) is 0 Å². The Bertz CT molecular complexity index is 582. The van der Waals surface area contributed by atoms with E-state index >= 15 is 0 Å². The van der Waals surface area contributed by atoms with Gasteiger partial charge >= 0.3 is 0 Å². The number of nitrogens with one attached hydrogen (secondary N) is 1. The molecule has 0 bridgehead atoms. The van der Waals surface area contributed by atoms with Crippen molar-refractivity contribution in [2.75, 3.05) is 11.4 Å². The van der Waals surface area contributed by atoms with E-state index in [1.165, 1.54) is 4.90 Å². The Morgan fingerprint density at radius 1 is 1.33 bits per heavy atom. The minimum Gasteiger partial charge on any atom is -0.351 e. The summed E-state index contributed by atoms with van der Waals surface area (Å²) in [6.07, 6.45) is 0.185. The van der Waals surface area contributed by atoms with Crippen LogP contribution in [-0.2, 0) is 9.59 Å². The van der Waals surface area contributed by atoms with Gasteiger partial charge in [0.05, 0.1) is 21.7 Å². The van der Waals surface area contributed by atoms with Crippen molar-refractivity contribution in [1.82, 2.24) is 5.32 Å². The summed E-state index contributed by atoms with van der Waals surface area (Å²) >= 11 is 12.1. The molecule has 6 heteroatoms. The molecule has 0 aliphatic carbocycles. The van der Waals surface area contributed by atoms with Crippen LogP contribution in [0.2, 0.25) is 10.0 Å². The minimum absolute atomic E-state index is 0.114. The summed E-state index contributed by atoms with van der Waals surface area (Å²) in [4.78, 5) is 25.9. The summed E-state index contributed by atoms with van der Waals surface area (Å²) < 4.78 is 0. The van der Waals surface area contributed by atoms with Crippen LogP contribution in [-0.4, -0.2) is 23.9 Å². The maximum absolute atomic E-state index is 12.2. The van der Waals surface area contributed by atoms with E-state index in [0.717, 1.165) is 0 Å². The molecular weight excluding hydrogens is 311 g/mol. The van der Waals surface area contributed by atoms with Crippen molar-refractivity contribution in [1.29, 1.82) is 0 Å². The van der Waals surface area contributed by atoms with Crippen LogP contribution in [0.25, 0.3) is 0 Å². The maximum atomic E-state index is 12.2. The normalized spacial score (nSPS) is 19.0. The topological polar surface area (TPSA) is 49.4 Å². The fourth-order valence-corrected chi connectivity index (χ4v) is 2.69. The molecule has 1 saturated heterocycles. The monoisotopic (exact) mass is 328 g/mol. The van der Waals surface area contributed by atoms with Crippen molar-refractivity contribution in [2.45, 2.75) is 32.7 Å². The van der Waals surface area contributed by atoms with Gasteiger partial charge in [-0.25, -0.2) is 0 Å². The van der Waals surface area contributed by atoms with Gasteiger partial charge in [0.2, 0.25) is 11.8 Å². The van der Waals surface area contributed by atoms with Gasteiger partial charge < -0.3 is 10.2 Å². The summed E-state index contributed by atoms with van der Waals surface area (Å²) in [5.74, 6) is -0.600. The number of halogens is 2. The molecule has 1 aliphatic rings. The number of rotatable bonds is 2. The van der Waals surface area contributed by atoms with E-state index in [1.54, 1.807) is 18.2 Å². The molecule has 1 aromatic carbocycles. The summed E-state index contributed by atoms with van der Waals surface area (Å²) in [5.41, 5.74) is 0.238. The lowest BCUT2D eigenvalue weighted by Gasteiger charge is -2.23. The van der Waals surface area contributed by atoms with Gasteiger partial charge in [-0.3, -0.25) is 9.59 Å². The third kappa shape index (κ3) is 3.69. The zero-order valence-electron chi connectivity index (χ0n) is 12.2. The van der Waals surface area contributed by atoms with Crippen molar-refractivity contribution in [2.24, 2.45) is 5.92 Å². The number of hydrogen-bond donors (Lipinski definition) is 1. The second-order valence-electron chi connectivity index (χ2n) is 6.22. The predicted molar refractivity (Wildman–Crippen MR) is 84.8 cm³/mol. The number of anilines is 1. The third-order valence-corrected chi connectivity index (χ3v) is 4.02. The average Bonchev–Trinajstić information content (AvgIpc) is 2.73. The van der Waals surface area contributed by atoms with Gasteiger partial charge in [0.25, 0.3) is 0 Å². The van der Waals surface area contributed by atoms with Crippen LogP contribution >= 0.6 is 23.2 Å². The summed E-state index contributed by atoms with van der Waals surface area (Å²) in [5, 5.41) is 3.63. The number of hydrogen-bond acceptors (Lipinski definition) is 2. The van der Waals surface area contributed by atoms with E-state index in [1.807, 2.05) is 20.8 Å². The Balaban J connectivity index is 2.17. The molecule has 114 valence electrons. The molecule has 0 aromatic heterocycles. The van der Waals surface area contributed by atoms with Crippen LogP contribution in [0.5, 0.6) is 0 Å². The second-order valence-corrected chi connectivity index (χ2v) is 7.00. The van der Waals surface area contributed by atoms with E-state index in [9.17, 15) is 9.59 Å². The van der Waals surface area contributed by atoms with Gasteiger partial charge in [-0.2, -0.15) is 0 Å². The SMILES string of the molecule is CC(C)(C)NC(=O)C1CC(=O)N(c2cccc(Cl)c2Cl)C1. The number of carbonyl (C=O) groups is 2. The minimum atomic E-state index is -0.369. The third-order valence-electron chi connectivity index (χ3n) is 3.22. The van der Waals surface area contributed by atoms with Crippen LogP contribution in [0, 0.1) is 5.92 Å². The molecule has 1 atom stereocenters. The number of nitrogens with zero attached hydrogens (tertiary/aromatic N) is 1. The van der Waals surface area contributed by atoms with Crippen LogP contribution in [0.15, 0.2) is 18.2 Å². The van der Waals surface area contributed by atoms with Crippen LogP contribution in [0.1, 0.15) is 27.2 Å². The van der Waals surface area contributed by atoms with Gasteiger partial charge in [0.1, 0.15) is 0 Å². The zero-order valence-corrected chi connectivity index (χ0v) is 13.8. The highest BCUT2D eigenvalue weighted by Crippen LogP contribution is 2.35. The van der Waals surface area contributed by atoms with E-state index in [0.29, 0.717) is 22.3 Å². The number of carbonyl (C=O) groups excluding carboxylic acids is 2. The van der Waals surface area contributed by atoms with Gasteiger partial charge in [-0.1, -0.05) is 29.3 Å². The van der Waals surface area contributed by atoms with Gasteiger partial charge in [0.15, 0.2) is 0 Å². The van der Waals surface area contributed by atoms with Crippen LogP contribution < -0.4 is 10.2 Å². The first-order valence-corrected chi connectivity index (χ1v) is 7.51. The lowest BCUT2D eigenvalue weighted by atomic mass is 10.0. The standard InChI is InChI=1S/C15H18Cl2N2O2/c1-15(2,3)18-14(21)9-7-12(20)19(8-9)11-6-4-5-10(16)13(11)17/h4-6,9H,7-8H2,1-3H3,(H,18,21).